The minimum atomic E-state index is -0.669. The second-order valence-corrected chi connectivity index (χ2v) is 4.62. The van der Waals surface area contributed by atoms with Gasteiger partial charge in [-0.2, -0.15) is 0 Å². The topological polar surface area (TPSA) is 40.5 Å². The van der Waals surface area contributed by atoms with E-state index >= 15 is 0 Å². The second-order valence-electron chi connectivity index (χ2n) is 4.62. The molecule has 0 radical (unpaired) electrons. The van der Waals surface area contributed by atoms with Gasteiger partial charge in [0, 0.05) is 12.1 Å². The van der Waals surface area contributed by atoms with E-state index in [1.54, 1.807) is 0 Å². The molecule has 0 aromatic heterocycles. The van der Waals surface area contributed by atoms with E-state index in [2.05, 4.69) is 25.7 Å². The molecular formula is C11H21NO2. The summed E-state index contributed by atoms with van der Waals surface area (Å²) in [5.74, 6) is -0.0674. The number of carboxylic acids is 1. The monoisotopic (exact) mass is 199 g/mol. The quantitative estimate of drug-likeness (QED) is 0.752. The van der Waals surface area contributed by atoms with Crippen molar-refractivity contribution in [3.63, 3.8) is 0 Å². The van der Waals surface area contributed by atoms with Crippen molar-refractivity contribution in [3.05, 3.63) is 0 Å². The van der Waals surface area contributed by atoms with Crippen LogP contribution < -0.4 is 0 Å². The lowest BCUT2D eigenvalue weighted by Crippen LogP contribution is -2.41. The second kappa shape index (κ2) is 4.78. The highest BCUT2D eigenvalue weighted by Crippen LogP contribution is 2.25. The summed E-state index contributed by atoms with van der Waals surface area (Å²) in [7, 11) is 0. The number of nitrogens with zero attached hydrogens (tertiary/aromatic N) is 1. The van der Waals surface area contributed by atoms with Crippen LogP contribution in [0.2, 0.25) is 0 Å². The molecule has 0 saturated carbocycles. The van der Waals surface area contributed by atoms with Gasteiger partial charge in [0.25, 0.3) is 0 Å². The lowest BCUT2D eigenvalue weighted by Gasteiger charge is -2.32. The third-order valence-corrected chi connectivity index (χ3v) is 3.32. The number of carboxylic acid groups (broad SMARTS) is 1. The van der Waals surface area contributed by atoms with Crippen LogP contribution >= 0.6 is 0 Å². The number of likely N-dealkylation sites (tertiary alicyclic amines) is 1. The summed E-state index contributed by atoms with van der Waals surface area (Å²) in [6.07, 6.45) is 2.50. The van der Waals surface area contributed by atoms with Crippen molar-refractivity contribution >= 4 is 5.97 Å². The predicted octanol–water partition coefficient (Wildman–Crippen LogP) is 1.97. The normalized spacial score (nSPS) is 25.6. The smallest absolute Gasteiger partial charge is 0.304 e. The maximum atomic E-state index is 10.7. The molecule has 1 fully saturated rings. The van der Waals surface area contributed by atoms with Gasteiger partial charge in [0.2, 0.25) is 0 Å². The average molecular weight is 199 g/mol. The maximum Gasteiger partial charge on any atom is 0.304 e. The van der Waals surface area contributed by atoms with Gasteiger partial charge in [0.15, 0.2) is 0 Å². The Hall–Kier alpha value is -0.570. The van der Waals surface area contributed by atoms with Crippen LogP contribution in [0.3, 0.4) is 0 Å². The molecule has 0 aromatic carbocycles. The Kier molecular flexibility index (Phi) is 3.93. The molecule has 1 saturated heterocycles. The van der Waals surface area contributed by atoms with E-state index in [1.807, 2.05) is 0 Å². The molecule has 1 aliphatic rings. The number of rotatable bonds is 4. The van der Waals surface area contributed by atoms with E-state index in [4.69, 9.17) is 5.11 Å². The van der Waals surface area contributed by atoms with Gasteiger partial charge in [-0.15, -0.1) is 0 Å². The van der Waals surface area contributed by atoms with Gasteiger partial charge in [-0.3, -0.25) is 9.69 Å². The molecule has 2 atom stereocenters. The molecule has 3 nitrogen and oxygen atoms in total. The molecule has 14 heavy (non-hydrogen) atoms. The van der Waals surface area contributed by atoms with Gasteiger partial charge in [0.1, 0.15) is 0 Å². The van der Waals surface area contributed by atoms with Crippen LogP contribution in [0, 0.1) is 5.92 Å². The van der Waals surface area contributed by atoms with Crippen molar-refractivity contribution in [2.24, 2.45) is 5.92 Å². The summed E-state index contributed by atoms with van der Waals surface area (Å²) in [5.41, 5.74) is 0. The van der Waals surface area contributed by atoms with Crippen LogP contribution in [-0.4, -0.2) is 34.6 Å². The van der Waals surface area contributed by atoms with Crippen LogP contribution in [0.15, 0.2) is 0 Å². The highest BCUT2D eigenvalue weighted by atomic mass is 16.4. The standard InChI is InChI=1S/C11H21NO2/c1-8(2)9(3)12-6-4-5-10(12)7-11(13)14/h8-10H,4-7H2,1-3H3,(H,13,14). The SMILES string of the molecule is CC(C)C(C)N1CCCC1CC(=O)O. The minimum Gasteiger partial charge on any atom is -0.481 e. The van der Waals surface area contributed by atoms with Crippen LogP contribution in [0.5, 0.6) is 0 Å². The van der Waals surface area contributed by atoms with Gasteiger partial charge < -0.3 is 5.11 Å². The molecule has 2 unspecified atom stereocenters. The first-order valence-corrected chi connectivity index (χ1v) is 5.50. The molecule has 3 heteroatoms. The van der Waals surface area contributed by atoms with Crippen LogP contribution in [0.4, 0.5) is 0 Å². The van der Waals surface area contributed by atoms with E-state index in [9.17, 15) is 4.79 Å². The molecule has 0 aliphatic carbocycles. The zero-order valence-corrected chi connectivity index (χ0v) is 9.36. The maximum absolute atomic E-state index is 10.7. The fraction of sp³-hybridized carbons (Fsp3) is 0.909. The summed E-state index contributed by atoms with van der Waals surface area (Å²) in [6, 6.07) is 0.770. The zero-order chi connectivity index (χ0) is 10.7. The summed E-state index contributed by atoms with van der Waals surface area (Å²) in [5, 5.41) is 8.79. The Morgan fingerprint density at radius 1 is 1.50 bits per heavy atom. The fourth-order valence-electron chi connectivity index (χ4n) is 2.20. The van der Waals surface area contributed by atoms with E-state index in [0.29, 0.717) is 18.4 Å². The first-order chi connectivity index (χ1) is 6.52. The van der Waals surface area contributed by atoms with Crippen molar-refractivity contribution in [3.8, 4) is 0 Å². The largest absolute Gasteiger partial charge is 0.481 e. The molecule has 82 valence electrons. The van der Waals surface area contributed by atoms with Crippen molar-refractivity contribution in [2.75, 3.05) is 6.54 Å². The molecule has 0 amide bonds. The molecule has 1 N–H and O–H groups in total. The van der Waals surface area contributed by atoms with Crippen LogP contribution in [-0.2, 0) is 4.79 Å². The van der Waals surface area contributed by atoms with Gasteiger partial charge >= 0.3 is 5.97 Å². The molecule has 0 aromatic rings. The fourth-order valence-corrected chi connectivity index (χ4v) is 2.20. The van der Waals surface area contributed by atoms with E-state index in [0.717, 1.165) is 19.4 Å². The first-order valence-electron chi connectivity index (χ1n) is 5.50. The lowest BCUT2D eigenvalue weighted by atomic mass is 10.0. The van der Waals surface area contributed by atoms with E-state index in [1.165, 1.54) is 0 Å². The third kappa shape index (κ3) is 2.71. The van der Waals surface area contributed by atoms with Crippen molar-refractivity contribution in [1.29, 1.82) is 0 Å². The lowest BCUT2D eigenvalue weighted by molar-refractivity contribution is -0.138. The number of carbonyl (C=O) groups is 1. The molecule has 1 rings (SSSR count). The molecule has 1 aliphatic heterocycles. The Bertz CT molecular complexity index is 203. The van der Waals surface area contributed by atoms with E-state index in [-0.39, 0.29) is 6.04 Å². The predicted molar refractivity (Wildman–Crippen MR) is 56.3 cm³/mol. The highest BCUT2D eigenvalue weighted by molar-refractivity contribution is 5.67. The molecule has 1 heterocycles. The van der Waals surface area contributed by atoms with Crippen molar-refractivity contribution < 1.29 is 9.90 Å². The molecule has 0 spiro atoms. The van der Waals surface area contributed by atoms with Crippen molar-refractivity contribution in [1.82, 2.24) is 4.90 Å². The zero-order valence-electron chi connectivity index (χ0n) is 9.36. The van der Waals surface area contributed by atoms with Gasteiger partial charge in [-0.25, -0.2) is 0 Å². The summed E-state index contributed by atoms with van der Waals surface area (Å²) < 4.78 is 0. The van der Waals surface area contributed by atoms with Crippen molar-refractivity contribution in [2.45, 2.75) is 52.1 Å². The van der Waals surface area contributed by atoms with Gasteiger partial charge in [0.05, 0.1) is 6.42 Å². The van der Waals surface area contributed by atoms with Gasteiger partial charge in [-0.1, -0.05) is 13.8 Å². The summed E-state index contributed by atoms with van der Waals surface area (Å²) in [6.45, 7) is 7.66. The van der Waals surface area contributed by atoms with Gasteiger partial charge in [-0.05, 0) is 32.2 Å². The summed E-state index contributed by atoms with van der Waals surface area (Å²) >= 11 is 0. The Balaban J connectivity index is 2.54. The Labute approximate surface area is 86.1 Å². The van der Waals surface area contributed by atoms with Crippen LogP contribution in [0.25, 0.3) is 0 Å². The number of hydrogen-bond acceptors (Lipinski definition) is 2. The highest BCUT2D eigenvalue weighted by Gasteiger charge is 2.30. The first kappa shape index (κ1) is 11.5. The summed E-state index contributed by atoms with van der Waals surface area (Å²) in [4.78, 5) is 13.0. The third-order valence-electron chi connectivity index (χ3n) is 3.32. The van der Waals surface area contributed by atoms with E-state index < -0.39 is 5.97 Å². The average Bonchev–Trinajstić information content (AvgIpc) is 2.49. The number of aliphatic carboxylic acids is 1. The molecular weight excluding hydrogens is 178 g/mol. The minimum absolute atomic E-state index is 0.268. The number of hydrogen-bond donors (Lipinski definition) is 1. The molecule has 0 bridgehead atoms. The van der Waals surface area contributed by atoms with Crippen LogP contribution in [0.1, 0.15) is 40.0 Å². The Morgan fingerprint density at radius 3 is 2.64 bits per heavy atom. The Morgan fingerprint density at radius 2 is 2.14 bits per heavy atom.